The van der Waals surface area contributed by atoms with Crippen LogP contribution in [0, 0.1) is 0 Å². The lowest BCUT2D eigenvalue weighted by Gasteiger charge is -2.13. The number of hydrazine groups is 1. The average Bonchev–Trinajstić information content (AvgIpc) is 2.15. The van der Waals surface area contributed by atoms with Gasteiger partial charge in [0.2, 0.25) is 0 Å². The minimum atomic E-state index is 0.382. The van der Waals surface area contributed by atoms with Crippen LogP contribution in [0.3, 0.4) is 0 Å². The second-order valence-corrected chi connectivity index (χ2v) is 3.21. The monoisotopic (exact) mass is 206 g/mol. The lowest BCUT2D eigenvalue weighted by atomic mass is 10.4. The zero-order valence-electron chi connectivity index (χ0n) is 8.72. The van der Waals surface area contributed by atoms with Crippen LogP contribution >= 0.6 is 0 Å². The number of rotatable bonds is 7. The predicted octanol–water partition coefficient (Wildman–Crippen LogP) is -0.597. The third kappa shape index (κ3) is 5.55. The normalized spacial score (nSPS) is 12.1. The summed E-state index contributed by atoms with van der Waals surface area (Å²) in [6.07, 6.45) is 0. The van der Waals surface area contributed by atoms with Gasteiger partial charge in [-0.15, -0.1) is 5.01 Å². The summed E-state index contributed by atoms with van der Waals surface area (Å²) >= 11 is 0. The number of nitrogens with two attached hydrogens (primary N) is 1. The van der Waals surface area contributed by atoms with E-state index in [1.165, 1.54) is 5.01 Å². The van der Waals surface area contributed by atoms with Gasteiger partial charge >= 0.3 is 0 Å². The fourth-order valence-electron chi connectivity index (χ4n) is 0.979. The van der Waals surface area contributed by atoms with Crippen LogP contribution in [-0.4, -0.2) is 52.6 Å². The van der Waals surface area contributed by atoms with Gasteiger partial charge in [0.1, 0.15) is 0 Å². The summed E-state index contributed by atoms with van der Waals surface area (Å²) in [4.78, 5) is 0.398. The molecule has 0 atom stereocenters. The van der Waals surface area contributed by atoms with Gasteiger partial charge < -0.3 is 16.3 Å². The first-order chi connectivity index (χ1) is 6.61. The first-order valence-corrected chi connectivity index (χ1v) is 4.64. The molecule has 84 valence electrons. The molecule has 0 saturated carbocycles. The predicted molar refractivity (Wildman–Crippen MR) is 50.0 cm³/mol. The van der Waals surface area contributed by atoms with Crippen LogP contribution in [0.25, 0.3) is 0 Å². The van der Waals surface area contributed by atoms with Crippen LogP contribution in [0.4, 0.5) is 0 Å². The second kappa shape index (κ2) is 7.34. The molecule has 0 aromatic heterocycles. The Bertz CT molecular complexity index is 173. The molecule has 0 aliphatic carbocycles. The first kappa shape index (κ1) is 12.9. The average molecular weight is 206 g/mol. The van der Waals surface area contributed by atoms with Crippen LogP contribution < -0.4 is 11.1 Å². The molecule has 0 unspecified atom stereocenters. The van der Waals surface area contributed by atoms with Crippen LogP contribution in [0.2, 0.25) is 0 Å². The summed E-state index contributed by atoms with van der Waals surface area (Å²) in [7, 11) is 0. The van der Waals surface area contributed by atoms with E-state index >= 15 is 0 Å². The number of hydrogen-bond acceptors (Lipinski definition) is 3. The fourth-order valence-corrected chi connectivity index (χ4v) is 0.979. The molecule has 0 amide bonds. The number of hydrogen-bond donors (Lipinski definition) is 4. The van der Waals surface area contributed by atoms with Crippen molar-refractivity contribution < 1.29 is 15.4 Å². The van der Waals surface area contributed by atoms with Crippen molar-refractivity contribution in [1.29, 1.82) is 0 Å². The third-order valence-electron chi connectivity index (χ3n) is 1.64. The summed E-state index contributed by atoms with van der Waals surface area (Å²) in [6.45, 7) is 6.08. The Morgan fingerprint density at radius 3 is 2.57 bits per heavy atom. The van der Waals surface area contributed by atoms with E-state index in [0.29, 0.717) is 37.2 Å². The van der Waals surface area contributed by atoms with Crippen molar-refractivity contribution >= 4 is 0 Å². The van der Waals surface area contributed by atoms with Gasteiger partial charge in [-0.1, -0.05) is 13.8 Å². The molecule has 7 nitrogen and oxygen atoms in total. The van der Waals surface area contributed by atoms with E-state index < -0.39 is 0 Å². The van der Waals surface area contributed by atoms with Crippen molar-refractivity contribution in [2.24, 2.45) is 11.0 Å². The molecule has 0 rings (SSSR count). The zero-order chi connectivity index (χ0) is 11.0. The van der Waals surface area contributed by atoms with E-state index in [-0.39, 0.29) is 0 Å². The van der Waals surface area contributed by atoms with E-state index in [1.807, 2.05) is 13.8 Å². The molecule has 0 bridgehead atoms. The van der Waals surface area contributed by atoms with E-state index in [4.69, 9.17) is 16.1 Å². The van der Waals surface area contributed by atoms with Crippen molar-refractivity contribution in [3.63, 3.8) is 0 Å². The molecule has 7 heteroatoms. The fraction of sp³-hybridized carbons (Fsp3) is 1.00. The maximum atomic E-state index is 9.07. The topological polar surface area (TPSA) is 97.1 Å². The highest BCUT2D eigenvalue weighted by molar-refractivity contribution is 4.54. The standard InChI is InChI=1S/C7H19N5O2/c1-7(2)9-4-6-11(5-3-8)12(14)10-13/h7,9,14H,3-6,8H2,1-2H3/p+1. The second-order valence-electron chi connectivity index (χ2n) is 3.21. The van der Waals surface area contributed by atoms with Crippen molar-refractivity contribution in [2.45, 2.75) is 19.9 Å². The SMILES string of the molecule is CC(C)NCCN(CCN)/[N+](O)=N/O. The highest BCUT2D eigenvalue weighted by Gasteiger charge is 2.16. The van der Waals surface area contributed by atoms with Crippen LogP contribution in [0.15, 0.2) is 5.28 Å². The van der Waals surface area contributed by atoms with Gasteiger partial charge in [-0.2, -0.15) is 0 Å². The smallest absolute Gasteiger partial charge is 0.271 e. The molecule has 0 aliphatic heterocycles. The van der Waals surface area contributed by atoms with Crippen molar-refractivity contribution in [1.82, 2.24) is 10.3 Å². The molecule has 0 aromatic rings. The highest BCUT2D eigenvalue weighted by atomic mass is 16.6. The maximum Gasteiger partial charge on any atom is 0.271 e. The molecular formula is C7H20N5O2+. The summed E-state index contributed by atoms with van der Waals surface area (Å²) < 4.78 is 0. The van der Waals surface area contributed by atoms with Crippen LogP contribution in [-0.2, 0) is 0 Å². The maximum absolute atomic E-state index is 9.07. The Hall–Kier alpha value is -1.08. The quantitative estimate of drug-likeness (QED) is 0.253. The molecule has 0 heterocycles. The van der Waals surface area contributed by atoms with Crippen molar-refractivity contribution in [3.05, 3.63) is 0 Å². The molecule has 5 N–H and O–H groups in total. The van der Waals surface area contributed by atoms with Crippen LogP contribution in [0.1, 0.15) is 13.8 Å². The van der Waals surface area contributed by atoms with Gasteiger partial charge in [-0.25, -0.2) is 5.21 Å². The Balaban J connectivity index is 3.85. The van der Waals surface area contributed by atoms with Gasteiger partial charge in [0.05, 0.1) is 13.1 Å². The van der Waals surface area contributed by atoms with E-state index in [0.717, 1.165) is 0 Å². The molecule has 0 saturated heterocycles. The Morgan fingerprint density at radius 1 is 1.50 bits per heavy atom. The molecule has 0 aliphatic rings. The zero-order valence-corrected chi connectivity index (χ0v) is 8.72. The number of nitrogens with one attached hydrogen (secondary N) is 1. The van der Waals surface area contributed by atoms with Crippen LogP contribution in [0.5, 0.6) is 0 Å². The number of nitrogens with zero attached hydrogens (tertiary/aromatic N) is 3. The van der Waals surface area contributed by atoms with Crippen molar-refractivity contribution in [3.8, 4) is 0 Å². The minimum Gasteiger partial charge on any atom is -0.357 e. The Kier molecular flexibility index (Phi) is 6.77. The lowest BCUT2D eigenvalue weighted by molar-refractivity contribution is -0.940. The third-order valence-corrected chi connectivity index (χ3v) is 1.64. The lowest BCUT2D eigenvalue weighted by Crippen LogP contribution is -2.41. The minimum absolute atomic E-state index is 0.382. The summed E-state index contributed by atoms with van der Waals surface area (Å²) in [5, 5.41) is 24.6. The van der Waals surface area contributed by atoms with Crippen molar-refractivity contribution in [2.75, 3.05) is 26.2 Å². The Labute approximate surface area is 83.7 Å². The van der Waals surface area contributed by atoms with Gasteiger partial charge in [0.15, 0.2) is 0 Å². The molecule has 0 spiro atoms. The summed E-state index contributed by atoms with van der Waals surface area (Å²) in [5.74, 6) is 0. The highest BCUT2D eigenvalue weighted by Crippen LogP contribution is 1.87. The van der Waals surface area contributed by atoms with E-state index in [1.54, 1.807) is 0 Å². The molecule has 14 heavy (non-hydrogen) atoms. The van der Waals surface area contributed by atoms with Gasteiger partial charge in [0.25, 0.3) is 10.2 Å². The molecule has 0 radical (unpaired) electrons. The van der Waals surface area contributed by atoms with E-state index in [9.17, 15) is 0 Å². The summed E-state index contributed by atoms with van der Waals surface area (Å²) in [5.41, 5.74) is 5.33. The molecule has 0 aromatic carbocycles. The largest absolute Gasteiger partial charge is 0.357 e. The van der Waals surface area contributed by atoms with Gasteiger partial charge in [0, 0.05) is 19.1 Å². The first-order valence-electron chi connectivity index (χ1n) is 4.64. The van der Waals surface area contributed by atoms with Gasteiger partial charge in [-0.05, 0) is 0 Å². The summed E-state index contributed by atoms with van der Waals surface area (Å²) in [6, 6.07) is 0.382. The molecular weight excluding hydrogens is 186 g/mol. The molecule has 0 fully saturated rings. The van der Waals surface area contributed by atoms with E-state index in [2.05, 4.69) is 10.6 Å². The Morgan fingerprint density at radius 2 is 2.14 bits per heavy atom. The van der Waals surface area contributed by atoms with Gasteiger partial charge in [-0.3, -0.25) is 0 Å².